The quantitative estimate of drug-likeness (QED) is 0.442. The predicted octanol–water partition coefficient (Wildman–Crippen LogP) is 4.06. The lowest BCUT2D eigenvalue weighted by molar-refractivity contribution is -0.129. The molecule has 1 amide bonds. The number of ether oxygens (including phenoxy) is 1. The third kappa shape index (κ3) is 3.61. The van der Waals surface area contributed by atoms with Crippen LogP contribution in [0.25, 0.3) is 27.9 Å². The zero-order valence-corrected chi connectivity index (χ0v) is 18.3. The number of hydrogen-bond acceptors (Lipinski definition) is 6. The maximum atomic E-state index is 12.9. The first-order valence-electron chi connectivity index (χ1n) is 10.4. The van der Waals surface area contributed by atoms with Crippen LogP contribution in [-0.4, -0.2) is 55.8 Å². The molecular formula is C23H23N5O2S. The standard InChI is InChI=1S/C23H23N5O2S/c1-15(22(29)27-13-5-6-14-27)31-23-26-25-21-18-7-3-4-8-19(18)24-20(28(21)23)16-9-11-17(30-2)12-10-16/h3-4,7-12,15H,5-6,13-14H2,1-2H3/t15-/m0/s1. The number of carbonyl (C=O) groups excluding carboxylic acids is 1. The van der Waals surface area contributed by atoms with E-state index in [1.807, 2.05) is 64.8 Å². The minimum absolute atomic E-state index is 0.152. The van der Waals surface area contributed by atoms with Gasteiger partial charge in [0.25, 0.3) is 0 Å². The van der Waals surface area contributed by atoms with E-state index in [2.05, 4.69) is 10.2 Å². The number of hydrogen-bond donors (Lipinski definition) is 0. The van der Waals surface area contributed by atoms with E-state index in [9.17, 15) is 4.79 Å². The molecule has 1 aliphatic rings. The van der Waals surface area contributed by atoms with Gasteiger partial charge in [-0.05, 0) is 56.2 Å². The normalized spacial score (nSPS) is 15.0. The van der Waals surface area contributed by atoms with E-state index >= 15 is 0 Å². The Kier molecular flexibility index (Phi) is 5.23. The smallest absolute Gasteiger partial charge is 0.235 e. The molecule has 1 aliphatic heterocycles. The highest BCUT2D eigenvalue weighted by Crippen LogP contribution is 2.32. The largest absolute Gasteiger partial charge is 0.497 e. The van der Waals surface area contributed by atoms with Gasteiger partial charge in [0.05, 0.1) is 17.9 Å². The average molecular weight is 434 g/mol. The second-order valence-electron chi connectivity index (χ2n) is 7.62. The Morgan fingerprint density at radius 1 is 1.06 bits per heavy atom. The van der Waals surface area contributed by atoms with Gasteiger partial charge in [-0.3, -0.25) is 9.20 Å². The third-order valence-electron chi connectivity index (χ3n) is 5.61. The van der Waals surface area contributed by atoms with Crippen molar-refractivity contribution >= 4 is 34.2 Å². The fraction of sp³-hybridized carbons (Fsp3) is 0.304. The van der Waals surface area contributed by atoms with E-state index in [4.69, 9.17) is 9.72 Å². The molecule has 5 rings (SSSR count). The van der Waals surface area contributed by atoms with Crippen molar-refractivity contribution in [2.45, 2.75) is 30.2 Å². The number of rotatable bonds is 5. The van der Waals surface area contributed by atoms with Gasteiger partial charge >= 0.3 is 0 Å². The summed E-state index contributed by atoms with van der Waals surface area (Å²) in [6.45, 7) is 3.62. The van der Waals surface area contributed by atoms with Crippen molar-refractivity contribution in [1.29, 1.82) is 0 Å². The molecule has 31 heavy (non-hydrogen) atoms. The van der Waals surface area contributed by atoms with Crippen LogP contribution in [0, 0.1) is 0 Å². The number of thioether (sulfide) groups is 1. The molecule has 4 aromatic rings. The van der Waals surface area contributed by atoms with Crippen LogP contribution in [0.1, 0.15) is 19.8 Å². The van der Waals surface area contributed by atoms with E-state index in [0.717, 1.165) is 59.6 Å². The number of benzene rings is 2. The molecular weight excluding hydrogens is 410 g/mol. The Hall–Kier alpha value is -3.13. The second kappa shape index (κ2) is 8.19. The fourth-order valence-electron chi connectivity index (χ4n) is 3.97. The van der Waals surface area contributed by atoms with Crippen LogP contribution in [0.4, 0.5) is 0 Å². The molecule has 7 nitrogen and oxygen atoms in total. The zero-order valence-electron chi connectivity index (χ0n) is 17.5. The van der Waals surface area contributed by atoms with Crippen LogP contribution in [0.2, 0.25) is 0 Å². The van der Waals surface area contributed by atoms with Gasteiger partial charge in [-0.15, -0.1) is 10.2 Å². The summed E-state index contributed by atoms with van der Waals surface area (Å²) in [5, 5.41) is 10.3. The molecule has 1 saturated heterocycles. The molecule has 0 bridgehead atoms. The first-order chi connectivity index (χ1) is 15.2. The SMILES string of the molecule is COc1ccc(-c2nc3ccccc3c3nnc(S[C@@H](C)C(=O)N4CCCC4)n23)cc1. The van der Waals surface area contributed by atoms with Crippen LogP contribution in [-0.2, 0) is 4.79 Å². The van der Waals surface area contributed by atoms with Crippen molar-refractivity contribution in [2.75, 3.05) is 20.2 Å². The summed E-state index contributed by atoms with van der Waals surface area (Å²) in [5.41, 5.74) is 2.52. The lowest BCUT2D eigenvalue weighted by atomic mass is 10.1. The summed E-state index contributed by atoms with van der Waals surface area (Å²) in [5.74, 6) is 1.67. The molecule has 8 heteroatoms. The Morgan fingerprint density at radius 2 is 1.81 bits per heavy atom. The van der Waals surface area contributed by atoms with Crippen LogP contribution in [0.5, 0.6) is 5.75 Å². The number of amides is 1. The minimum atomic E-state index is -0.249. The van der Waals surface area contributed by atoms with Crippen LogP contribution >= 0.6 is 11.8 Å². The second-order valence-corrected chi connectivity index (χ2v) is 8.92. The van der Waals surface area contributed by atoms with Crippen molar-refractivity contribution in [1.82, 2.24) is 24.5 Å². The summed E-state index contributed by atoms with van der Waals surface area (Å²) in [6.07, 6.45) is 2.16. The highest BCUT2D eigenvalue weighted by Gasteiger charge is 2.26. The topological polar surface area (TPSA) is 72.6 Å². The average Bonchev–Trinajstić information content (AvgIpc) is 3.49. The molecule has 0 unspecified atom stereocenters. The van der Waals surface area contributed by atoms with Crippen molar-refractivity contribution in [3.63, 3.8) is 0 Å². The summed E-state index contributed by atoms with van der Waals surface area (Å²) in [7, 11) is 1.65. The van der Waals surface area contributed by atoms with E-state index in [1.165, 1.54) is 11.8 Å². The number of para-hydroxylation sites is 1. The van der Waals surface area contributed by atoms with E-state index in [0.29, 0.717) is 5.16 Å². The van der Waals surface area contributed by atoms with Gasteiger partial charge in [0, 0.05) is 24.0 Å². The molecule has 0 spiro atoms. The molecule has 1 atom stereocenters. The van der Waals surface area contributed by atoms with E-state index < -0.39 is 0 Å². The van der Waals surface area contributed by atoms with Gasteiger partial charge in [-0.25, -0.2) is 4.98 Å². The van der Waals surface area contributed by atoms with Crippen molar-refractivity contribution in [3.05, 3.63) is 48.5 Å². The van der Waals surface area contributed by atoms with Crippen LogP contribution in [0.3, 0.4) is 0 Å². The summed E-state index contributed by atoms with van der Waals surface area (Å²) in [4.78, 5) is 19.7. The van der Waals surface area contributed by atoms with Gasteiger partial charge < -0.3 is 9.64 Å². The Labute approximate surface area is 184 Å². The van der Waals surface area contributed by atoms with Gasteiger partial charge in [0.1, 0.15) is 11.6 Å². The first kappa shape index (κ1) is 19.8. The molecule has 158 valence electrons. The Morgan fingerprint density at radius 3 is 2.55 bits per heavy atom. The molecule has 2 aromatic carbocycles. The first-order valence-corrected chi connectivity index (χ1v) is 11.3. The fourth-order valence-corrected chi connectivity index (χ4v) is 4.91. The number of nitrogens with zero attached hydrogens (tertiary/aromatic N) is 5. The molecule has 0 N–H and O–H groups in total. The molecule has 2 aromatic heterocycles. The van der Waals surface area contributed by atoms with Gasteiger partial charge in [-0.2, -0.15) is 0 Å². The van der Waals surface area contributed by atoms with Gasteiger partial charge in [0.2, 0.25) is 5.91 Å². The number of likely N-dealkylation sites (tertiary alicyclic amines) is 1. The Balaban J connectivity index is 1.62. The number of aromatic nitrogens is 4. The number of carbonyl (C=O) groups is 1. The number of methoxy groups -OCH3 is 1. The number of fused-ring (bicyclic) bond motifs is 3. The summed E-state index contributed by atoms with van der Waals surface area (Å²) >= 11 is 1.43. The maximum absolute atomic E-state index is 12.9. The van der Waals surface area contributed by atoms with Crippen LogP contribution < -0.4 is 4.74 Å². The van der Waals surface area contributed by atoms with E-state index in [-0.39, 0.29) is 11.2 Å². The molecule has 0 aliphatic carbocycles. The predicted molar refractivity (Wildman–Crippen MR) is 121 cm³/mol. The van der Waals surface area contributed by atoms with E-state index in [1.54, 1.807) is 7.11 Å². The highest BCUT2D eigenvalue weighted by atomic mass is 32.2. The maximum Gasteiger partial charge on any atom is 0.235 e. The van der Waals surface area contributed by atoms with Gasteiger partial charge in [0.15, 0.2) is 10.8 Å². The molecule has 1 fully saturated rings. The van der Waals surface area contributed by atoms with Crippen molar-refractivity contribution in [2.24, 2.45) is 0 Å². The Bertz CT molecular complexity index is 1250. The van der Waals surface area contributed by atoms with Gasteiger partial charge in [-0.1, -0.05) is 23.9 Å². The molecule has 0 saturated carbocycles. The minimum Gasteiger partial charge on any atom is -0.497 e. The molecule has 0 radical (unpaired) electrons. The van der Waals surface area contributed by atoms with Crippen molar-refractivity contribution < 1.29 is 9.53 Å². The lowest BCUT2D eigenvalue weighted by Gasteiger charge is -2.19. The summed E-state index contributed by atoms with van der Waals surface area (Å²) < 4.78 is 7.26. The zero-order chi connectivity index (χ0) is 21.4. The lowest BCUT2D eigenvalue weighted by Crippen LogP contribution is -2.34. The monoisotopic (exact) mass is 433 g/mol. The highest BCUT2D eigenvalue weighted by molar-refractivity contribution is 8.00. The van der Waals surface area contributed by atoms with Crippen molar-refractivity contribution in [3.8, 4) is 17.1 Å². The third-order valence-corrected chi connectivity index (χ3v) is 6.64. The molecule has 3 heterocycles. The summed E-state index contributed by atoms with van der Waals surface area (Å²) in [6, 6.07) is 15.7. The van der Waals surface area contributed by atoms with Crippen LogP contribution in [0.15, 0.2) is 53.7 Å².